The third-order valence-electron chi connectivity index (χ3n) is 5.27. The lowest BCUT2D eigenvalue weighted by atomic mass is 10.0. The minimum absolute atomic E-state index is 0.0274. The standard InChI is InChI=1S/C23H28N2O4/c1-16(24-23(27)17-8-5-4-6-9-17)14-22(26)25-13-7-10-20(25)19-12-11-18(28-2)15-21(19)29-3/h4-6,8-9,11-12,15-16,20H,7,10,13-14H2,1-3H3,(H,24,27). The van der Waals surface area contributed by atoms with Crippen molar-refractivity contribution in [2.75, 3.05) is 20.8 Å². The first-order valence-corrected chi connectivity index (χ1v) is 9.90. The Bertz CT molecular complexity index is 853. The highest BCUT2D eigenvalue weighted by atomic mass is 16.5. The Morgan fingerprint density at radius 3 is 2.59 bits per heavy atom. The number of nitrogens with one attached hydrogen (secondary N) is 1. The van der Waals surface area contributed by atoms with E-state index in [1.165, 1.54) is 0 Å². The SMILES string of the molecule is COc1ccc(C2CCCN2C(=O)CC(C)NC(=O)c2ccccc2)c(OC)c1. The van der Waals surface area contributed by atoms with Crippen molar-refractivity contribution in [2.45, 2.75) is 38.3 Å². The number of methoxy groups -OCH3 is 2. The summed E-state index contributed by atoms with van der Waals surface area (Å²) >= 11 is 0. The molecule has 1 N–H and O–H groups in total. The number of ether oxygens (including phenoxy) is 2. The van der Waals surface area contributed by atoms with Crippen molar-refractivity contribution >= 4 is 11.8 Å². The largest absolute Gasteiger partial charge is 0.497 e. The van der Waals surface area contributed by atoms with E-state index in [1.54, 1.807) is 26.4 Å². The minimum atomic E-state index is -0.255. The quantitative estimate of drug-likeness (QED) is 0.777. The van der Waals surface area contributed by atoms with E-state index in [-0.39, 0.29) is 30.3 Å². The molecular formula is C23H28N2O4. The van der Waals surface area contributed by atoms with E-state index in [9.17, 15) is 9.59 Å². The van der Waals surface area contributed by atoms with Crippen LogP contribution in [0.2, 0.25) is 0 Å². The number of benzene rings is 2. The Morgan fingerprint density at radius 1 is 1.14 bits per heavy atom. The first-order chi connectivity index (χ1) is 14.0. The molecule has 1 aliphatic rings. The van der Waals surface area contributed by atoms with E-state index in [1.807, 2.05) is 48.2 Å². The number of amides is 2. The van der Waals surface area contributed by atoms with Gasteiger partial charge < -0.3 is 19.7 Å². The van der Waals surface area contributed by atoms with Gasteiger partial charge in [0.05, 0.1) is 20.3 Å². The van der Waals surface area contributed by atoms with Crippen LogP contribution in [0.4, 0.5) is 0 Å². The van der Waals surface area contributed by atoms with Crippen LogP contribution in [0.15, 0.2) is 48.5 Å². The molecule has 0 spiro atoms. The second kappa shape index (κ2) is 9.45. The van der Waals surface area contributed by atoms with Gasteiger partial charge in [0, 0.05) is 36.2 Å². The normalized spacial score (nSPS) is 16.9. The lowest BCUT2D eigenvalue weighted by Crippen LogP contribution is -2.39. The van der Waals surface area contributed by atoms with Crippen LogP contribution >= 0.6 is 0 Å². The molecule has 6 nitrogen and oxygen atoms in total. The van der Waals surface area contributed by atoms with Gasteiger partial charge in [-0.25, -0.2) is 0 Å². The summed E-state index contributed by atoms with van der Waals surface area (Å²) in [5.41, 5.74) is 1.58. The molecule has 29 heavy (non-hydrogen) atoms. The predicted molar refractivity (Wildman–Crippen MR) is 111 cm³/mol. The van der Waals surface area contributed by atoms with Crippen LogP contribution in [0.25, 0.3) is 0 Å². The van der Waals surface area contributed by atoms with Crippen LogP contribution in [-0.2, 0) is 4.79 Å². The van der Waals surface area contributed by atoms with Gasteiger partial charge in [0.15, 0.2) is 0 Å². The van der Waals surface area contributed by atoms with E-state index < -0.39 is 0 Å². The van der Waals surface area contributed by atoms with Gasteiger partial charge in [0.1, 0.15) is 11.5 Å². The maximum atomic E-state index is 13.0. The molecular weight excluding hydrogens is 368 g/mol. The van der Waals surface area contributed by atoms with E-state index in [4.69, 9.17) is 9.47 Å². The highest BCUT2D eigenvalue weighted by Gasteiger charge is 2.32. The van der Waals surface area contributed by atoms with Crippen LogP contribution in [0.1, 0.15) is 48.1 Å². The fourth-order valence-electron chi connectivity index (χ4n) is 3.81. The van der Waals surface area contributed by atoms with Gasteiger partial charge in [0.25, 0.3) is 5.91 Å². The van der Waals surface area contributed by atoms with Gasteiger partial charge in [-0.15, -0.1) is 0 Å². The maximum Gasteiger partial charge on any atom is 0.251 e. The zero-order chi connectivity index (χ0) is 20.8. The number of nitrogens with zero attached hydrogens (tertiary/aromatic N) is 1. The highest BCUT2D eigenvalue weighted by Crippen LogP contribution is 2.39. The first-order valence-electron chi connectivity index (χ1n) is 9.90. The van der Waals surface area contributed by atoms with Crippen molar-refractivity contribution in [2.24, 2.45) is 0 Å². The predicted octanol–water partition coefficient (Wildman–Crippen LogP) is 3.58. The Kier molecular flexibility index (Phi) is 6.75. The number of hydrogen-bond donors (Lipinski definition) is 1. The first kappa shape index (κ1) is 20.7. The molecule has 1 aliphatic heterocycles. The van der Waals surface area contributed by atoms with Crippen molar-refractivity contribution in [3.8, 4) is 11.5 Å². The molecule has 0 saturated carbocycles. The highest BCUT2D eigenvalue weighted by molar-refractivity contribution is 5.94. The van der Waals surface area contributed by atoms with E-state index in [0.29, 0.717) is 12.1 Å². The van der Waals surface area contributed by atoms with Gasteiger partial charge in [-0.1, -0.05) is 18.2 Å². The molecule has 2 aromatic carbocycles. The molecule has 0 aromatic heterocycles. The van der Waals surface area contributed by atoms with Crippen LogP contribution in [0.5, 0.6) is 11.5 Å². The average molecular weight is 396 g/mol. The van der Waals surface area contributed by atoms with E-state index in [2.05, 4.69) is 5.32 Å². The van der Waals surface area contributed by atoms with Gasteiger partial charge in [-0.2, -0.15) is 0 Å². The third kappa shape index (κ3) is 4.88. The summed E-state index contributed by atoms with van der Waals surface area (Å²) < 4.78 is 10.8. The van der Waals surface area contributed by atoms with Crippen molar-refractivity contribution in [3.05, 3.63) is 59.7 Å². The molecule has 2 amide bonds. The molecule has 1 fully saturated rings. The van der Waals surface area contributed by atoms with Crippen LogP contribution in [0.3, 0.4) is 0 Å². The number of likely N-dealkylation sites (tertiary alicyclic amines) is 1. The molecule has 6 heteroatoms. The summed E-state index contributed by atoms with van der Waals surface area (Å²) in [5, 5.41) is 2.92. The number of hydrogen-bond acceptors (Lipinski definition) is 4. The zero-order valence-electron chi connectivity index (χ0n) is 17.2. The summed E-state index contributed by atoms with van der Waals surface area (Å²) in [6.45, 7) is 2.57. The Balaban J connectivity index is 1.66. The molecule has 2 unspecified atom stereocenters. The fourth-order valence-corrected chi connectivity index (χ4v) is 3.81. The van der Waals surface area contributed by atoms with Crippen LogP contribution in [-0.4, -0.2) is 43.5 Å². The second-order valence-corrected chi connectivity index (χ2v) is 7.30. The van der Waals surface area contributed by atoms with Gasteiger partial charge in [-0.3, -0.25) is 9.59 Å². The van der Waals surface area contributed by atoms with Crippen LogP contribution in [0, 0.1) is 0 Å². The lowest BCUT2D eigenvalue weighted by Gasteiger charge is -2.28. The zero-order valence-corrected chi connectivity index (χ0v) is 17.2. The Hall–Kier alpha value is -3.02. The monoisotopic (exact) mass is 396 g/mol. The fraction of sp³-hybridized carbons (Fsp3) is 0.391. The smallest absolute Gasteiger partial charge is 0.251 e. The summed E-state index contributed by atoms with van der Waals surface area (Å²) in [6.07, 6.45) is 2.09. The molecule has 154 valence electrons. The Labute approximate surface area is 171 Å². The second-order valence-electron chi connectivity index (χ2n) is 7.30. The maximum absolute atomic E-state index is 13.0. The summed E-state index contributed by atoms with van der Waals surface area (Å²) in [4.78, 5) is 27.2. The molecule has 0 bridgehead atoms. The van der Waals surface area contributed by atoms with Crippen LogP contribution < -0.4 is 14.8 Å². The molecule has 0 radical (unpaired) electrons. The van der Waals surface area contributed by atoms with Crippen molar-refractivity contribution < 1.29 is 19.1 Å². The molecule has 2 atom stereocenters. The summed E-state index contributed by atoms with van der Waals surface area (Å²) in [6, 6.07) is 14.4. The number of carbonyl (C=O) groups is 2. The van der Waals surface area contributed by atoms with Gasteiger partial charge >= 0.3 is 0 Å². The third-order valence-corrected chi connectivity index (χ3v) is 5.27. The Morgan fingerprint density at radius 2 is 1.90 bits per heavy atom. The summed E-state index contributed by atoms with van der Waals surface area (Å²) in [7, 11) is 3.24. The van der Waals surface area contributed by atoms with Gasteiger partial charge in [0.2, 0.25) is 5.91 Å². The molecule has 2 aromatic rings. The molecule has 1 saturated heterocycles. The molecule has 0 aliphatic carbocycles. The minimum Gasteiger partial charge on any atom is -0.497 e. The molecule has 1 heterocycles. The van der Waals surface area contributed by atoms with Crippen molar-refractivity contribution in [1.82, 2.24) is 10.2 Å². The average Bonchev–Trinajstić information content (AvgIpc) is 3.23. The van der Waals surface area contributed by atoms with E-state index >= 15 is 0 Å². The van der Waals surface area contributed by atoms with Gasteiger partial charge in [-0.05, 0) is 44.0 Å². The number of rotatable bonds is 7. The lowest BCUT2D eigenvalue weighted by molar-refractivity contribution is -0.132. The van der Waals surface area contributed by atoms with Crippen molar-refractivity contribution in [1.29, 1.82) is 0 Å². The van der Waals surface area contributed by atoms with Crippen molar-refractivity contribution in [3.63, 3.8) is 0 Å². The summed E-state index contributed by atoms with van der Waals surface area (Å²) in [5.74, 6) is 1.31. The van der Waals surface area contributed by atoms with E-state index in [0.717, 1.165) is 29.9 Å². The topological polar surface area (TPSA) is 67.9 Å². The number of carbonyl (C=O) groups excluding carboxylic acids is 2. The molecule has 3 rings (SSSR count).